The maximum absolute atomic E-state index is 13.3. The lowest BCUT2D eigenvalue weighted by atomic mass is 9.84. The molecule has 2 aliphatic heterocycles. The monoisotopic (exact) mass is 381 g/mol. The molecule has 28 heavy (non-hydrogen) atoms. The number of imide groups is 1. The number of urea groups is 1. The number of hydrogen-bond acceptors (Lipinski definition) is 5. The Morgan fingerprint density at radius 3 is 2.86 bits per heavy atom. The lowest BCUT2D eigenvalue weighted by Crippen LogP contribution is -2.47. The van der Waals surface area contributed by atoms with Gasteiger partial charge in [0.15, 0.2) is 12.1 Å². The molecule has 4 amide bonds. The Bertz CT molecular complexity index is 960. The molecule has 1 atom stereocenters. The van der Waals surface area contributed by atoms with E-state index in [1.54, 1.807) is 36.4 Å². The van der Waals surface area contributed by atoms with Crippen molar-refractivity contribution in [2.75, 3.05) is 13.2 Å². The van der Waals surface area contributed by atoms with Crippen LogP contribution in [0.15, 0.2) is 48.5 Å². The summed E-state index contributed by atoms with van der Waals surface area (Å²) in [6.07, 6.45) is 0.368. The van der Waals surface area contributed by atoms with Gasteiger partial charge in [0.25, 0.3) is 11.8 Å². The highest BCUT2D eigenvalue weighted by molar-refractivity contribution is 6.07. The quantitative estimate of drug-likeness (QED) is 0.758. The van der Waals surface area contributed by atoms with Crippen LogP contribution in [0.1, 0.15) is 17.5 Å². The van der Waals surface area contributed by atoms with Gasteiger partial charge in [0.1, 0.15) is 11.5 Å². The van der Waals surface area contributed by atoms with E-state index in [0.717, 1.165) is 0 Å². The molecule has 3 N–H and O–H groups in total. The van der Waals surface area contributed by atoms with Gasteiger partial charge in [-0.25, -0.2) is 4.79 Å². The van der Waals surface area contributed by atoms with Crippen LogP contribution < -0.4 is 20.5 Å². The summed E-state index contributed by atoms with van der Waals surface area (Å²) >= 11 is 0. The van der Waals surface area contributed by atoms with Crippen LogP contribution in [-0.2, 0) is 21.7 Å². The number of ether oxygens (including phenoxy) is 2. The van der Waals surface area contributed by atoms with Crippen LogP contribution >= 0.6 is 0 Å². The number of para-hydroxylation sites is 1. The first-order valence-electron chi connectivity index (χ1n) is 8.86. The second kappa shape index (κ2) is 6.88. The summed E-state index contributed by atoms with van der Waals surface area (Å²) in [7, 11) is 0. The third-order valence-electron chi connectivity index (χ3n) is 4.88. The van der Waals surface area contributed by atoms with Gasteiger partial charge in [-0.15, -0.1) is 0 Å². The van der Waals surface area contributed by atoms with E-state index >= 15 is 0 Å². The number of primary amides is 1. The van der Waals surface area contributed by atoms with Gasteiger partial charge in [-0.2, -0.15) is 0 Å². The summed E-state index contributed by atoms with van der Waals surface area (Å²) in [5.74, 6) is 0.150. The minimum Gasteiger partial charge on any atom is -0.493 e. The van der Waals surface area contributed by atoms with Crippen molar-refractivity contribution < 1.29 is 23.9 Å². The SMILES string of the molecule is NC(=O)COc1cccc(CN2C(=O)NC3(CCOc4ccccc43)C2=O)c1. The molecule has 0 bridgehead atoms. The molecule has 2 aliphatic rings. The lowest BCUT2D eigenvalue weighted by molar-refractivity contribution is -0.133. The van der Waals surface area contributed by atoms with Crippen LogP contribution in [0, 0.1) is 0 Å². The highest BCUT2D eigenvalue weighted by Crippen LogP contribution is 2.41. The summed E-state index contributed by atoms with van der Waals surface area (Å²) in [6, 6.07) is 13.6. The number of nitrogens with zero attached hydrogens (tertiary/aromatic N) is 1. The molecule has 4 rings (SSSR count). The van der Waals surface area contributed by atoms with E-state index in [4.69, 9.17) is 15.2 Å². The van der Waals surface area contributed by atoms with Crippen molar-refractivity contribution in [3.63, 3.8) is 0 Å². The summed E-state index contributed by atoms with van der Waals surface area (Å²) in [5, 5.41) is 2.87. The predicted molar refractivity (Wildman–Crippen MR) is 98.4 cm³/mol. The number of amides is 4. The van der Waals surface area contributed by atoms with Crippen molar-refractivity contribution in [3.8, 4) is 11.5 Å². The third-order valence-corrected chi connectivity index (χ3v) is 4.88. The second-order valence-electron chi connectivity index (χ2n) is 6.72. The topological polar surface area (TPSA) is 111 Å². The molecular weight excluding hydrogens is 362 g/mol. The van der Waals surface area contributed by atoms with Crippen molar-refractivity contribution >= 4 is 17.8 Å². The van der Waals surface area contributed by atoms with E-state index in [1.165, 1.54) is 4.90 Å². The van der Waals surface area contributed by atoms with Crippen molar-refractivity contribution in [1.82, 2.24) is 10.2 Å². The van der Waals surface area contributed by atoms with Gasteiger partial charge in [-0.05, 0) is 23.8 Å². The number of hydrogen-bond donors (Lipinski definition) is 2. The summed E-state index contributed by atoms with van der Waals surface area (Å²) in [5.41, 5.74) is 5.34. The molecule has 0 aliphatic carbocycles. The van der Waals surface area contributed by atoms with E-state index in [2.05, 4.69) is 5.32 Å². The van der Waals surface area contributed by atoms with Crippen LogP contribution in [0.4, 0.5) is 4.79 Å². The first kappa shape index (κ1) is 17.8. The average molecular weight is 381 g/mol. The zero-order valence-electron chi connectivity index (χ0n) is 15.0. The smallest absolute Gasteiger partial charge is 0.325 e. The van der Waals surface area contributed by atoms with Crippen molar-refractivity contribution in [2.24, 2.45) is 5.73 Å². The molecule has 2 aromatic carbocycles. The molecule has 1 saturated heterocycles. The summed E-state index contributed by atoms with van der Waals surface area (Å²) in [4.78, 5) is 38.0. The average Bonchev–Trinajstić information content (AvgIpc) is 2.92. The van der Waals surface area contributed by atoms with Gasteiger partial charge in [0, 0.05) is 12.0 Å². The Kier molecular flexibility index (Phi) is 4.38. The van der Waals surface area contributed by atoms with Gasteiger partial charge in [0.2, 0.25) is 0 Å². The first-order chi connectivity index (χ1) is 13.5. The van der Waals surface area contributed by atoms with E-state index in [9.17, 15) is 14.4 Å². The van der Waals surface area contributed by atoms with Crippen LogP contribution in [0.2, 0.25) is 0 Å². The van der Waals surface area contributed by atoms with Crippen LogP contribution in [0.25, 0.3) is 0 Å². The minimum atomic E-state index is -1.11. The fourth-order valence-electron chi connectivity index (χ4n) is 3.59. The van der Waals surface area contributed by atoms with Crippen LogP contribution in [0.3, 0.4) is 0 Å². The molecule has 0 radical (unpaired) electrons. The molecule has 0 saturated carbocycles. The zero-order valence-corrected chi connectivity index (χ0v) is 15.0. The van der Waals surface area contributed by atoms with Crippen molar-refractivity contribution in [2.45, 2.75) is 18.5 Å². The molecule has 8 nitrogen and oxygen atoms in total. The van der Waals surface area contributed by atoms with E-state index < -0.39 is 17.5 Å². The molecule has 1 spiro atoms. The maximum atomic E-state index is 13.3. The Labute approximate surface area is 161 Å². The van der Waals surface area contributed by atoms with Gasteiger partial charge < -0.3 is 20.5 Å². The second-order valence-corrected chi connectivity index (χ2v) is 6.72. The molecular formula is C20H19N3O5. The molecule has 8 heteroatoms. The van der Waals surface area contributed by atoms with Crippen molar-refractivity contribution in [1.29, 1.82) is 0 Å². The molecule has 1 unspecified atom stereocenters. The Morgan fingerprint density at radius 1 is 1.21 bits per heavy atom. The van der Waals surface area contributed by atoms with Crippen LogP contribution in [-0.4, -0.2) is 36.0 Å². The maximum Gasteiger partial charge on any atom is 0.325 e. The van der Waals surface area contributed by atoms with E-state index in [1.807, 2.05) is 12.1 Å². The molecule has 0 aromatic heterocycles. The Morgan fingerprint density at radius 2 is 2.04 bits per heavy atom. The van der Waals surface area contributed by atoms with Gasteiger partial charge in [0.05, 0.1) is 13.2 Å². The third kappa shape index (κ3) is 3.02. The standard InChI is InChI=1S/C20H19N3O5/c21-17(24)12-28-14-5-3-4-13(10-14)11-23-18(25)20(22-19(23)26)8-9-27-16-7-2-1-6-15(16)20/h1-7,10H,8-9,11-12H2,(H2,21,24)(H,22,26). The molecule has 2 heterocycles. The number of fused-ring (bicyclic) bond motifs is 2. The first-order valence-corrected chi connectivity index (χ1v) is 8.86. The Balaban J connectivity index is 1.58. The fourth-order valence-corrected chi connectivity index (χ4v) is 3.59. The van der Waals surface area contributed by atoms with Gasteiger partial charge >= 0.3 is 6.03 Å². The summed E-state index contributed by atoms with van der Waals surface area (Å²) in [6.45, 7) is 0.184. The molecule has 1 fully saturated rings. The number of benzene rings is 2. The van der Waals surface area contributed by atoms with Crippen molar-refractivity contribution in [3.05, 3.63) is 59.7 Å². The molecule has 144 valence electrons. The van der Waals surface area contributed by atoms with Crippen LogP contribution in [0.5, 0.6) is 11.5 Å². The number of nitrogens with two attached hydrogens (primary N) is 1. The number of rotatable bonds is 5. The highest BCUT2D eigenvalue weighted by atomic mass is 16.5. The Hall–Kier alpha value is -3.55. The molecule has 2 aromatic rings. The van der Waals surface area contributed by atoms with E-state index in [0.29, 0.717) is 35.7 Å². The zero-order chi connectivity index (χ0) is 19.7. The fraction of sp³-hybridized carbons (Fsp3) is 0.250. The van der Waals surface area contributed by atoms with E-state index in [-0.39, 0.29) is 19.1 Å². The highest BCUT2D eigenvalue weighted by Gasteiger charge is 2.54. The lowest BCUT2D eigenvalue weighted by Gasteiger charge is -2.33. The number of carbonyl (C=O) groups is 3. The summed E-state index contributed by atoms with van der Waals surface area (Å²) < 4.78 is 10.9. The number of carbonyl (C=O) groups excluding carboxylic acids is 3. The minimum absolute atomic E-state index is 0.0865. The predicted octanol–water partition coefficient (Wildman–Crippen LogP) is 1.28. The van der Waals surface area contributed by atoms with Gasteiger partial charge in [-0.3, -0.25) is 14.5 Å². The number of nitrogens with one attached hydrogen (secondary N) is 1. The normalized spacial score (nSPS) is 20.5. The van der Waals surface area contributed by atoms with Gasteiger partial charge in [-0.1, -0.05) is 30.3 Å². The largest absolute Gasteiger partial charge is 0.493 e.